The highest BCUT2D eigenvalue weighted by Gasteiger charge is 2.29. The molecule has 2 aromatic rings. The molecule has 3 nitrogen and oxygen atoms in total. The summed E-state index contributed by atoms with van der Waals surface area (Å²) in [6, 6.07) is 11.8. The molecule has 6 heteroatoms. The number of nitrogens with one attached hydrogen (secondary N) is 1. The van der Waals surface area contributed by atoms with E-state index in [1.54, 1.807) is 18.2 Å². The van der Waals surface area contributed by atoms with E-state index in [0.717, 1.165) is 12.1 Å². The van der Waals surface area contributed by atoms with Crippen molar-refractivity contribution < 1.29 is 13.2 Å². The van der Waals surface area contributed by atoms with Crippen LogP contribution in [-0.4, -0.2) is 0 Å². The second-order valence-corrected chi connectivity index (χ2v) is 4.45. The molecule has 21 heavy (non-hydrogen) atoms. The molecule has 0 bridgehead atoms. The number of alkyl halides is 3. The lowest BCUT2D eigenvalue weighted by molar-refractivity contribution is -0.137. The van der Waals surface area contributed by atoms with Crippen LogP contribution in [0.2, 0.25) is 0 Å². The van der Waals surface area contributed by atoms with Gasteiger partial charge < -0.3 is 11.1 Å². The largest absolute Gasteiger partial charge is 0.416 e. The van der Waals surface area contributed by atoms with Gasteiger partial charge in [0.25, 0.3) is 0 Å². The zero-order valence-corrected chi connectivity index (χ0v) is 10.9. The Labute approximate surface area is 119 Å². The lowest BCUT2D eigenvalue weighted by Crippen LogP contribution is -2.04. The van der Waals surface area contributed by atoms with E-state index in [2.05, 4.69) is 5.32 Å². The zero-order valence-electron chi connectivity index (χ0n) is 10.9. The van der Waals surface area contributed by atoms with E-state index in [0.29, 0.717) is 22.6 Å². The molecule has 0 unspecified atom stereocenters. The fraction of sp³-hybridized carbons (Fsp3) is 0.133. The van der Waals surface area contributed by atoms with Gasteiger partial charge in [-0.2, -0.15) is 18.4 Å². The van der Waals surface area contributed by atoms with Crippen molar-refractivity contribution in [2.24, 2.45) is 0 Å². The number of nitrogens with zero attached hydrogens (tertiary/aromatic N) is 1. The Morgan fingerprint density at radius 3 is 2.24 bits per heavy atom. The van der Waals surface area contributed by atoms with Gasteiger partial charge in [-0.25, -0.2) is 0 Å². The smallest absolute Gasteiger partial charge is 0.398 e. The van der Waals surface area contributed by atoms with Crippen molar-refractivity contribution in [1.82, 2.24) is 0 Å². The molecule has 0 fully saturated rings. The molecule has 0 radical (unpaired) electrons. The van der Waals surface area contributed by atoms with Crippen LogP contribution in [-0.2, 0) is 12.6 Å². The highest BCUT2D eigenvalue weighted by Crippen LogP contribution is 2.30. The minimum atomic E-state index is -4.35. The predicted octanol–water partition coefficient (Wildman–Crippen LogP) is 4.10. The first-order valence-corrected chi connectivity index (χ1v) is 6.10. The van der Waals surface area contributed by atoms with E-state index in [1.807, 2.05) is 6.07 Å². The zero-order chi connectivity index (χ0) is 15.5. The van der Waals surface area contributed by atoms with Gasteiger partial charge in [-0.1, -0.05) is 0 Å². The standard InChI is InChI=1S/C15H12F3N3/c16-15(17,18)11-1-3-12(4-2-11)21-13-5-6-14(20)10(9-13)7-8-19/h1-6,9,21H,7,20H2. The maximum atomic E-state index is 12.5. The molecular formula is C15H12F3N3. The highest BCUT2D eigenvalue weighted by atomic mass is 19.4. The second-order valence-electron chi connectivity index (χ2n) is 4.45. The Kier molecular flexibility index (Phi) is 4.03. The average molecular weight is 291 g/mol. The van der Waals surface area contributed by atoms with E-state index in [1.165, 1.54) is 12.1 Å². The molecule has 2 aromatic carbocycles. The van der Waals surface area contributed by atoms with Crippen LogP contribution in [0.5, 0.6) is 0 Å². The maximum Gasteiger partial charge on any atom is 0.416 e. The number of nitriles is 1. The molecule has 0 saturated heterocycles. The number of hydrogen-bond donors (Lipinski definition) is 2. The molecule has 3 N–H and O–H groups in total. The van der Waals surface area contributed by atoms with Gasteiger partial charge in [0.05, 0.1) is 18.1 Å². The maximum absolute atomic E-state index is 12.5. The summed E-state index contributed by atoms with van der Waals surface area (Å²) in [6.45, 7) is 0. The van der Waals surface area contributed by atoms with Crippen molar-refractivity contribution in [3.05, 3.63) is 53.6 Å². The number of hydrogen-bond acceptors (Lipinski definition) is 3. The first kappa shape index (κ1) is 14.7. The number of rotatable bonds is 3. The highest BCUT2D eigenvalue weighted by molar-refractivity contribution is 5.65. The average Bonchev–Trinajstić information content (AvgIpc) is 2.42. The van der Waals surface area contributed by atoms with Gasteiger partial charge in [0.1, 0.15) is 0 Å². The monoisotopic (exact) mass is 291 g/mol. The number of benzene rings is 2. The lowest BCUT2D eigenvalue weighted by atomic mass is 10.1. The van der Waals surface area contributed by atoms with Gasteiger partial charge in [-0.3, -0.25) is 0 Å². The molecule has 108 valence electrons. The first-order chi connectivity index (χ1) is 9.90. The van der Waals surface area contributed by atoms with Gasteiger partial charge in [-0.15, -0.1) is 0 Å². The Morgan fingerprint density at radius 2 is 1.67 bits per heavy atom. The summed E-state index contributed by atoms with van der Waals surface area (Å²) < 4.78 is 37.4. The number of nitrogen functional groups attached to an aromatic ring is 1. The molecule has 0 amide bonds. The Hall–Kier alpha value is -2.68. The first-order valence-electron chi connectivity index (χ1n) is 6.10. The van der Waals surface area contributed by atoms with E-state index in [9.17, 15) is 13.2 Å². The quantitative estimate of drug-likeness (QED) is 0.837. The molecule has 0 atom stereocenters. The Bertz CT molecular complexity index is 670. The third-order valence-corrected chi connectivity index (χ3v) is 2.91. The minimum absolute atomic E-state index is 0.175. The SMILES string of the molecule is N#CCc1cc(Nc2ccc(C(F)(F)F)cc2)ccc1N. The van der Waals surface area contributed by atoms with Crippen LogP contribution in [0.25, 0.3) is 0 Å². The second kappa shape index (κ2) is 5.75. The molecule has 0 aliphatic carbocycles. The van der Waals surface area contributed by atoms with Crippen molar-refractivity contribution in [2.75, 3.05) is 11.1 Å². The summed E-state index contributed by atoms with van der Waals surface area (Å²) in [7, 11) is 0. The van der Waals surface area contributed by atoms with E-state index in [-0.39, 0.29) is 6.42 Å². The third-order valence-electron chi connectivity index (χ3n) is 2.91. The van der Waals surface area contributed by atoms with Crippen LogP contribution < -0.4 is 11.1 Å². The van der Waals surface area contributed by atoms with Crippen LogP contribution in [0.1, 0.15) is 11.1 Å². The lowest BCUT2D eigenvalue weighted by Gasteiger charge is -2.11. The molecule has 0 saturated carbocycles. The Morgan fingerprint density at radius 1 is 1.05 bits per heavy atom. The summed E-state index contributed by atoms with van der Waals surface area (Å²) >= 11 is 0. The van der Waals surface area contributed by atoms with Gasteiger partial charge in [0, 0.05) is 17.1 Å². The van der Waals surface area contributed by atoms with Gasteiger partial charge in [-0.05, 0) is 48.0 Å². The summed E-state index contributed by atoms with van der Waals surface area (Å²) in [5.74, 6) is 0. The number of anilines is 3. The van der Waals surface area contributed by atoms with Crippen molar-refractivity contribution in [3.8, 4) is 6.07 Å². The van der Waals surface area contributed by atoms with Gasteiger partial charge >= 0.3 is 6.18 Å². The number of halogens is 3. The molecule has 0 aromatic heterocycles. The summed E-state index contributed by atoms with van der Waals surface area (Å²) in [4.78, 5) is 0. The third kappa shape index (κ3) is 3.66. The normalized spacial score (nSPS) is 11.0. The van der Waals surface area contributed by atoms with Crippen molar-refractivity contribution >= 4 is 17.1 Å². The summed E-state index contributed by atoms with van der Waals surface area (Å²) in [6.07, 6.45) is -4.17. The summed E-state index contributed by atoms with van der Waals surface area (Å²) in [5.41, 5.74) is 7.40. The van der Waals surface area contributed by atoms with Crippen LogP contribution in [0, 0.1) is 11.3 Å². The molecule has 0 aliphatic heterocycles. The fourth-order valence-corrected chi connectivity index (χ4v) is 1.83. The summed E-state index contributed by atoms with van der Waals surface area (Å²) in [5, 5.41) is 11.7. The van der Waals surface area contributed by atoms with Crippen molar-refractivity contribution in [2.45, 2.75) is 12.6 Å². The van der Waals surface area contributed by atoms with E-state index >= 15 is 0 Å². The minimum Gasteiger partial charge on any atom is -0.398 e. The number of nitrogens with two attached hydrogens (primary N) is 1. The van der Waals surface area contributed by atoms with Crippen LogP contribution in [0.15, 0.2) is 42.5 Å². The molecule has 0 aliphatic rings. The predicted molar refractivity (Wildman–Crippen MR) is 74.9 cm³/mol. The Balaban J connectivity index is 2.19. The van der Waals surface area contributed by atoms with Crippen molar-refractivity contribution in [1.29, 1.82) is 5.26 Å². The van der Waals surface area contributed by atoms with Crippen molar-refractivity contribution in [3.63, 3.8) is 0 Å². The van der Waals surface area contributed by atoms with E-state index in [4.69, 9.17) is 11.0 Å². The molecule has 0 heterocycles. The van der Waals surface area contributed by atoms with Crippen LogP contribution in [0.3, 0.4) is 0 Å². The molecular weight excluding hydrogens is 279 g/mol. The fourth-order valence-electron chi connectivity index (χ4n) is 1.83. The van der Waals surface area contributed by atoms with Gasteiger partial charge in [0.15, 0.2) is 0 Å². The topological polar surface area (TPSA) is 61.8 Å². The van der Waals surface area contributed by atoms with Gasteiger partial charge in [0.2, 0.25) is 0 Å². The molecule has 2 rings (SSSR count). The van der Waals surface area contributed by atoms with Crippen LogP contribution >= 0.6 is 0 Å². The van der Waals surface area contributed by atoms with Crippen LogP contribution in [0.4, 0.5) is 30.2 Å². The van der Waals surface area contributed by atoms with E-state index < -0.39 is 11.7 Å². The molecule has 0 spiro atoms.